The van der Waals surface area contributed by atoms with Gasteiger partial charge in [0.2, 0.25) is 0 Å². The molecule has 0 saturated carbocycles. The number of hydrogen-bond donors (Lipinski definition) is 5. The molecule has 0 saturated heterocycles. The van der Waals surface area contributed by atoms with Crippen LogP contribution < -0.4 is 9.64 Å². The Bertz CT molecular complexity index is 1650. The molecule has 222 valence electrons. The average molecular weight is 605 g/mol. The van der Waals surface area contributed by atoms with Crippen molar-refractivity contribution in [3.05, 3.63) is 118 Å². The molecule has 3 aromatic rings. The first-order chi connectivity index (χ1) is 20.3. The summed E-state index contributed by atoms with van der Waals surface area (Å²) in [5, 5.41) is 19.0. The molecule has 1 heterocycles. The van der Waals surface area contributed by atoms with Crippen molar-refractivity contribution in [1.29, 1.82) is 0 Å². The number of para-hydroxylation sites is 1. The molecule has 1 aliphatic heterocycles. The highest BCUT2D eigenvalue weighted by Crippen LogP contribution is 2.51. The molecule has 3 aromatic carbocycles. The minimum absolute atomic E-state index is 0.0163. The fraction of sp³-hybridized carbons (Fsp3) is 0.188. The van der Waals surface area contributed by atoms with Gasteiger partial charge in [0.05, 0.1) is 17.5 Å². The summed E-state index contributed by atoms with van der Waals surface area (Å²) in [6.45, 7) is 3.38. The van der Waals surface area contributed by atoms with E-state index < -0.39 is 38.0 Å². The van der Waals surface area contributed by atoms with E-state index in [9.17, 15) is 34.5 Å². The second-order valence-electron chi connectivity index (χ2n) is 10.6. The highest BCUT2D eigenvalue weighted by Gasteiger charge is 2.45. The number of allylic oxidation sites excluding steroid dienone is 1. The number of rotatable bonds is 7. The molecule has 0 radical (unpaired) electrons. The van der Waals surface area contributed by atoms with Crippen molar-refractivity contribution < 1.29 is 43.7 Å². The number of anilines is 1. The third-order valence-electron chi connectivity index (χ3n) is 7.59. The molecule has 5 rings (SSSR count). The fourth-order valence-electron chi connectivity index (χ4n) is 5.66. The number of likely N-dealkylation sites (N-methyl/N-ethyl adjacent to an activating group) is 1. The zero-order valence-corrected chi connectivity index (χ0v) is 24.5. The summed E-state index contributed by atoms with van der Waals surface area (Å²) in [6, 6.07) is 16.1. The predicted octanol–water partition coefficient (Wildman–Crippen LogP) is 5.04. The molecule has 0 amide bonds. The third-order valence-corrected chi connectivity index (χ3v) is 8.03. The van der Waals surface area contributed by atoms with Crippen LogP contribution in [-0.4, -0.2) is 49.9 Å². The lowest BCUT2D eigenvalue weighted by Crippen LogP contribution is -2.47. The molecule has 10 nitrogen and oxygen atoms in total. The molecule has 1 aliphatic carbocycles. The number of carbonyl (C=O) groups is 2. The standard InChI is InChI=1S/C32H30NO9P/c1-18-14-22(31(35)36)15-19(2)30(18)41-32(37)29-24-6-4-5-7-26(24)33(3)27-17-21(10-13-25(27)29)28(42-43(38,39)40)16-20-8-11-23(34)12-9-20/h4-17,25,27,29,38-40H,1-3H3,(H-,34,35,36)/p+1. The first-order valence-corrected chi connectivity index (χ1v) is 14.9. The fourth-order valence-corrected chi connectivity index (χ4v) is 6.08. The second-order valence-corrected chi connectivity index (χ2v) is 11.8. The maximum atomic E-state index is 13.9. The molecule has 11 heteroatoms. The van der Waals surface area contributed by atoms with Crippen molar-refractivity contribution in [1.82, 2.24) is 0 Å². The van der Waals surface area contributed by atoms with Crippen molar-refractivity contribution >= 4 is 31.9 Å². The molecular formula is C32H31NO9P+. The Kier molecular flexibility index (Phi) is 8.14. The van der Waals surface area contributed by atoms with Gasteiger partial charge in [-0.1, -0.05) is 48.6 Å². The number of aryl methyl sites for hydroxylation is 2. The van der Waals surface area contributed by atoms with Crippen LogP contribution in [0, 0.1) is 19.8 Å². The maximum absolute atomic E-state index is 13.9. The summed E-state index contributed by atoms with van der Waals surface area (Å²) in [6.07, 6.45) is 6.83. The predicted molar refractivity (Wildman–Crippen MR) is 161 cm³/mol. The monoisotopic (exact) mass is 604 g/mol. The van der Waals surface area contributed by atoms with Crippen molar-refractivity contribution in [2.24, 2.45) is 5.92 Å². The summed E-state index contributed by atoms with van der Waals surface area (Å²) < 4.78 is 11.2. The van der Waals surface area contributed by atoms with Gasteiger partial charge in [0.1, 0.15) is 11.5 Å². The number of phenolic OH excluding ortho intramolecular Hbond substituents is 1. The number of aromatic carboxylic acids is 1. The molecular weight excluding hydrogens is 573 g/mol. The van der Waals surface area contributed by atoms with Crippen LogP contribution in [0.3, 0.4) is 0 Å². The summed E-state index contributed by atoms with van der Waals surface area (Å²) in [5.74, 6) is -2.36. The number of carboxylic acids is 1. The van der Waals surface area contributed by atoms with Gasteiger partial charge in [-0.2, -0.15) is 14.7 Å². The summed E-state index contributed by atoms with van der Waals surface area (Å²) in [5.41, 5.74) is 3.71. The molecule has 3 unspecified atom stereocenters. The number of benzene rings is 3. The van der Waals surface area contributed by atoms with Gasteiger partial charge >= 0.3 is 20.1 Å². The van der Waals surface area contributed by atoms with E-state index in [1.807, 2.05) is 48.4 Å². The number of esters is 1. The number of ether oxygens (including phenoxy) is 1. The van der Waals surface area contributed by atoms with Crippen LogP contribution in [0.15, 0.2) is 90.2 Å². The number of fused-ring (bicyclic) bond motifs is 2. The zero-order chi connectivity index (χ0) is 31.1. The smallest absolute Gasteiger partial charge is 0.508 e. The van der Waals surface area contributed by atoms with Gasteiger partial charge in [0.15, 0.2) is 5.76 Å². The molecule has 0 fully saturated rings. The Morgan fingerprint density at radius 2 is 1.63 bits per heavy atom. The Morgan fingerprint density at radius 1 is 0.977 bits per heavy atom. The van der Waals surface area contributed by atoms with E-state index in [2.05, 4.69) is 0 Å². The molecule has 0 aromatic heterocycles. The minimum Gasteiger partial charge on any atom is -0.508 e. The second kappa shape index (κ2) is 11.7. The Hall–Kier alpha value is -4.47. The quantitative estimate of drug-likeness (QED) is 0.107. The van der Waals surface area contributed by atoms with Crippen molar-refractivity contribution in [2.45, 2.75) is 25.8 Å². The van der Waals surface area contributed by atoms with Crippen molar-refractivity contribution in [3.63, 3.8) is 0 Å². The van der Waals surface area contributed by atoms with Gasteiger partial charge < -0.3 is 19.8 Å². The van der Waals surface area contributed by atoms with Crippen LogP contribution in [0.2, 0.25) is 0 Å². The molecule has 0 bridgehead atoms. The number of carboxylic acid groups (broad SMARTS) is 1. The summed E-state index contributed by atoms with van der Waals surface area (Å²) in [7, 11) is -2.81. The van der Waals surface area contributed by atoms with Crippen LogP contribution in [0.1, 0.15) is 38.5 Å². The lowest BCUT2D eigenvalue weighted by molar-refractivity contribution is -0.137. The number of hydrogen-bond acceptors (Lipinski definition) is 9. The first-order valence-electron chi connectivity index (χ1n) is 13.4. The summed E-state index contributed by atoms with van der Waals surface area (Å²) >= 11 is 0. The highest BCUT2D eigenvalue weighted by molar-refractivity contribution is 7.53. The summed E-state index contributed by atoms with van der Waals surface area (Å²) in [4.78, 5) is 56.7. The van der Waals surface area contributed by atoms with Gasteiger partial charge in [0, 0.05) is 24.2 Å². The molecule has 5 N–H and O–H groups in total. The number of phenols is 1. The average Bonchev–Trinajstić information content (AvgIpc) is 2.95. The Morgan fingerprint density at radius 3 is 2.26 bits per heavy atom. The van der Waals surface area contributed by atoms with E-state index in [0.29, 0.717) is 28.0 Å². The van der Waals surface area contributed by atoms with Crippen LogP contribution in [-0.2, 0) is 9.32 Å². The molecule has 3 atom stereocenters. The zero-order valence-electron chi connectivity index (χ0n) is 23.6. The lowest BCUT2D eigenvalue weighted by atomic mass is 9.73. The van der Waals surface area contributed by atoms with Gasteiger partial charge in [-0.05, 0) is 72.5 Å². The van der Waals surface area contributed by atoms with E-state index >= 15 is 0 Å². The molecule has 0 spiro atoms. The van der Waals surface area contributed by atoms with E-state index in [4.69, 9.17) is 9.26 Å². The van der Waals surface area contributed by atoms with Crippen LogP contribution in [0.25, 0.3) is 6.08 Å². The van der Waals surface area contributed by atoms with Crippen molar-refractivity contribution in [2.75, 3.05) is 11.9 Å². The highest BCUT2D eigenvalue weighted by atomic mass is 31.2. The number of carbonyl (C=O) groups excluding carboxylic acids is 1. The Balaban J connectivity index is 1.54. The first kappa shape index (κ1) is 30.0. The Labute approximate surface area is 248 Å². The van der Waals surface area contributed by atoms with Crippen LogP contribution >= 0.6 is 8.17 Å². The third kappa shape index (κ3) is 6.33. The largest absolute Gasteiger partial charge is 0.613 e. The maximum Gasteiger partial charge on any atom is 0.613 e. The number of aromatic hydroxyl groups is 1. The topological polar surface area (TPSA) is 157 Å². The van der Waals surface area contributed by atoms with Gasteiger partial charge in [0.25, 0.3) is 0 Å². The van der Waals surface area contributed by atoms with Crippen LogP contribution in [0.4, 0.5) is 5.69 Å². The van der Waals surface area contributed by atoms with Crippen LogP contribution in [0.5, 0.6) is 11.5 Å². The van der Waals surface area contributed by atoms with E-state index in [1.165, 1.54) is 30.3 Å². The lowest BCUT2D eigenvalue weighted by Gasteiger charge is -2.44. The van der Waals surface area contributed by atoms with E-state index in [-0.39, 0.29) is 17.1 Å². The minimum atomic E-state index is -4.69. The molecule has 2 aliphatic rings. The van der Waals surface area contributed by atoms with Gasteiger partial charge in [-0.25, -0.2) is 4.79 Å². The number of nitrogens with zero attached hydrogens (tertiary/aromatic N) is 1. The van der Waals surface area contributed by atoms with Gasteiger partial charge in [-0.15, -0.1) is 0 Å². The normalized spacial score (nSPS) is 19.7. The molecule has 43 heavy (non-hydrogen) atoms. The van der Waals surface area contributed by atoms with Gasteiger partial charge in [-0.3, -0.25) is 9.32 Å². The van der Waals surface area contributed by atoms with E-state index in [1.54, 1.807) is 32.1 Å². The SMILES string of the molecule is Cc1cc(C(=O)O)cc(C)c1OC(=O)C1c2ccccc2N(C)C2C=C(C(=Cc3ccc(O)cc3)O[P+](O)(O)O)C=CC12. The van der Waals surface area contributed by atoms with Crippen molar-refractivity contribution in [3.8, 4) is 11.5 Å². The van der Waals surface area contributed by atoms with E-state index in [0.717, 1.165) is 11.3 Å².